The first kappa shape index (κ1) is 40.0. The molecule has 0 saturated heterocycles. The lowest BCUT2D eigenvalue weighted by Crippen LogP contribution is -2.55. The third kappa shape index (κ3) is 12.2. The lowest BCUT2D eigenvalue weighted by molar-refractivity contribution is -0.142. The molecule has 2 aliphatic carbocycles. The third-order valence-electron chi connectivity index (χ3n) is 10.1. The minimum atomic E-state index is -0.906. The number of carbonyl (C=O) groups is 6. The maximum atomic E-state index is 13.3. The van der Waals surface area contributed by atoms with E-state index in [4.69, 9.17) is 9.47 Å². The van der Waals surface area contributed by atoms with Crippen molar-refractivity contribution in [3.63, 3.8) is 0 Å². The Balaban J connectivity index is 1.17. The van der Waals surface area contributed by atoms with Crippen molar-refractivity contribution < 1.29 is 38.2 Å². The van der Waals surface area contributed by atoms with Gasteiger partial charge in [-0.1, -0.05) is 43.2 Å². The highest BCUT2D eigenvalue weighted by Gasteiger charge is 2.51. The molecular weight excluding hydrogens is 666 g/mol. The molecule has 2 aromatic rings. The van der Waals surface area contributed by atoms with Gasteiger partial charge in [0.15, 0.2) is 0 Å². The maximum absolute atomic E-state index is 13.3. The number of hydrogen-bond donors (Lipinski definition) is 5. The molecule has 3 atom stereocenters. The van der Waals surface area contributed by atoms with E-state index in [1.807, 2.05) is 6.07 Å². The molecule has 2 saturated carbocycles. The highest BCUT2D eigenvalue weighted by Crippen LogP contribution is 2.52. The molecular formula is C39H53N5O8. The van der Waals surface area contributed by atoms with E-state index >= 15 is 0 Å². The summed E-state index contributed by atoms with van der Waals surface area (Å²) in [6.07, 6.45) is 7.47. The van der Waals surface area contributed by atoms with Gasteiger partial charge < -0.3 is 36.1 Å². The van der Waals surface area contributed by atoms with Crippen LogP contribution < -0.4 is 26.6 Å². The van der Waals surface area contributed by atoms with E-state index in [9.17, 15) is 28.8 Å². The molecule has 0 aromatic heterocycles. The molecule has 13 heteroatoms. The summed E-state index contributed by atoms with van der Waals surface area (Å²) in [6.45, 7) is 3.20. The van der Waals surface area contributed by atoms with Crippen molar-refractivity contribution in [1.82, 2.24) is 21.3 Å². The van der Waals surface area contributed by atoms with Gasteiger partial charge in [0, 0.05) is 24.1 Å². The van der Waals surface area contributed by atoms with Gasteiger partial charge in [0.2, 0.25) is 23.6 Å². The molecule has 0 spiro atoms. The summed E-state index contributed by atoms with van der Waals surface area (Å²) in [7, 11) is 1.70. The molecule has 0 radical (unpaired) electrons. The molecule has 2 aromatic carbocycles. The molecule has 5 N–H and O–H groups in total. The summed E-state index contributed by atoms with van der Waals surface area (Å²) in [4.78, 5) is 75.1. The number of benzene rings is 2. The second-order valence-electron chi connectivity index (χ2n) is 14.1. The van der Waals surface area contributed by atoms with Crippen LogP contribution in [-0.2, 0) is 40.1 Å². The molecule has 4 amide bonds. The van der Waals surface area contributed by atoms with E-state index in [0.29, 0.717) is 36.9 Å². The Labute approximate surface area is 305 Å². The predicted molar refractivity (Wildman–Crippen MR) is 195 cm³/mol. The molecule has 282 valence electrons. The van der Waals surface area contributed by atoms with Crippen LogP contribution in [0.5, 0.6) is 0 Å². The second kappa shape index (κ2) is 19.2. The minimum absolute atomic E-state index is 0.107. The van der Waals surface area contributed by atoms with Crippen LogP contribution in [0.1, 0.15) is 94.0 Å². The van der Waals surface area contributed by atoms with Crippen LogP contribution in [0.2, 0.25) is 0 Å². The van der Waals surface area contributed by atoms with E-state index in [-0.39, 0.29) is 73.8 Å². The van der Waals surface area contributed by atoms with Gasteiger partial charge in [-0.15, -0.1) is 0 Å². The summed E-state index contributed by atoms with van der Waals surface area (Å²) in [5.41, 5.74) is 0.399. The standard InChI is InChI=1S/C39H53N5O8/c1-27(45)52-26-28-15-17-31(18-16-28)43-33(46)24-42-37(50)39(20-21-39)23-30-13-7-8-14-32(30)44-34(47)25-41-36(49)38(2,40-3)19-9-10-22-51-35(48)29-11-5-4-6-12-29/h4-6,11-12,15-18,30,32,40H,7-10,13-14,19-26H2,1-3H3,(H,41,49)(H,42,50)(H,43,46)(H,44,47). The Morgan fingerprint density at radius 3 is 2.21 bits per heavy atom. The van der Waals surface area contributed by atoms with Gasteiger partial charge in [-0.3, -0.25) is 24.0 Å². The van der Waals surface area contributed by atoms with E-state index in [1.165, 1.54) is 6.92 Å². The van der Waals surface area contributed by atoms with Crippen molar-refractivity contribution in [3.05, 3.63) is 65.7 Å². The molecule has 3 unspecified atom stereocenters. The Hall–Kier alpha value is -4.78. The SMILES string of the molecule is CNC(C)(CCCCOC(=O)c1ccccc1)C(=O)NCC(=O)NC1CCCCC1CC1(C(=O)NCC(=O)Nc2ccc(COC(C)=O)cc2)CC1. The molecule has 0 bridgehead atoms. The number of rotatable bonds is 19. The molecule has 52 heavy (non-hydrogen) atoms. The molecule has 2 aliphatic rings. The highest BCUT2D eigenvalue weighted by molar-refractivity contribution is 5.96. The predicted octanol–water partition coefficient (Wildman–Crippen LogP) is 3.77. The summed E-state index contributed by atoms with van der Waals surface area (Å²) in [5.74, 6) is -1.70. The first-order valence-electron chi connectivity index (χ1n) is 18.2. The number of unbranched alkanes of at least 4 members (excludes halogenated alkanes) is 1. The molecule has 2 fully saturated rings. The quantitative estimate of drug-likeness (QED) is 0.107. The fraction of sp³-hybridized carbons (Fsp3) is 0.538. The Kier molecular flexibility index (Phi) is 14.7. The normalized spacial score (nSPS) is 18.5. The van der Waals surface area contributed by atoms with Crippen LogP contribution >= 0.6 is 0 Å². The minimum Gasteiger partial charge on any atom is -0.462 e. The summed E-state index contributed by atoms with van der Waals surface area (Å²) in [6, 6.07) is 15.6. The Morgan fingerprint density at radius 2 is 1.54 bits per heavy atom. The molecule has 4 rings (SSSR count). The average Bonchev–Trinajstić information content (AvgIpc) is 3.94. The van der Waals surface area contributed by atoms with E-state index < -0.39 is 11.0 Å². The van der Waals surface area contributed by atoms with Crippen LogP contribution in [0.25, 0.3) is 0 Å². The van der Waals surface area contributed by atoms with E-state index in [0.717, 1.165) is 44.1 Å². The van der Waals surface area contributed by atoms with Gasteiger partial charge in [-0.2, -0.15) is 0 Å². The van der Waals surface area contributed by atoms with Crippen molar-refractivity contribution in [2.75, 3.05) is 32.1 Å². The Bertz CT molecular complexity index is 1550. The molecule has 0 heterocycles. The van der Waals surface area contributed by atoms with Crippen LogP contribution in [0, 0.1) is 11.3 Å². The van der Waals surface area contributed by atoms with Gasteiger partial charge in [0.05, 0.1) is 30.8 Å². The van der Waals surface area contributed by atoms with Gasteiger partial charge in [-0.25, -0.2) is 4.79 Å². The largest absolute Gasteiger partial charge is 0.462 e. The van der Waals surface area contributed by atoms with Crippen molar-refractivity contribution in [2.24, 2.45) is 11.3 Å². The van der Waals surface area contributed by atoms with Gasteiger partial charge in [0.25, 0.3) is 0 Å². The summed E-state index contributed by atoms with van der Waals surface area (Å²) >= 11 is 0. The number of likely N-dealkylation sites (N-methyl/N-ethyl adjacent to an activating group) is 1. The van der Waals surface area contributed by atoms with Gasteiger partial charge in [-0.05, 0) is 101 Å². The second-order valence-corrected chi connectivity index (χ2v) is 14.1. The van der Waals surface area contributed by atoms with E-state index in [1.54, 1.807) is 62.5 Å². The third-order valence-corrected chi connectivity index (χ3v) is 10.1. The first-order chi connectivity index (χ1) is 24.9. The lowest BCUT2D eigenvalue weighted by atomic mass is 9.77. The monoisotopic (exact) mass is 719 g/mol. The maximum Gasteiger partial charge on any atom is 0.338 e. The topological polar surface area (TPSA) is 181 Å². The fourth-order valence-corrected chi connectivity index (χ4v) is 6.61. The number of amides is 4. The number of esters is 2. The van der Waals surface area contributed by atoms with Crippen LogP contribution in [0.3, 0.4) is 0 Å². The van der Waals surface area contributed by atoms with Crippen LogP contribution in [0.4, 0.5) is 5.69 Å². The zero-order valence-corrected chi connectivity index (χ0v) is 30.5. The van der Waals surface area contributed by atoms with Crippen molar-refractivity contribution in [1.29, 1.82) is 0 Å². The number of carbonyl (C=O) groups excluding carboxylic acids is 6. The molecule has 0 aliphatic heterocycles. The van der Waals surface area contributed by atoms with Crippen LogP contribution in [0.15, 0.2) is 54.6 Å². The molecule has 13 nitrogen and oxygen atoms in total. The zero-order chi connectivity index (χ0) is 37.6. The number of hydrogen-bond acceptors (Lipinski definition) is 9. The number of ether oxygens (including phenoxy) is 2. The van der Waals surface area contributed by atoms with Crippen LogP contribution in [-0.4, -0.2) is 73.9 Å². The Morgan fingerprint density at radius 1 is 0.846 bits per heavy atom. The van der Waals surface area contributed by atoms with Crippen molar-refractivity contribution in [3.8, 4) is 0 Å². The van der Waals surface area contributed by atoms with Crippen molar-refractivity contribution in [2.45, 2.75) is 96.2 Å². The fourth-order valence-electron chi connectivity index (χ4n) is 6.61. The van der Waals surface area contributed by atoms with Gasteiger partial charge in [0.1, 0.15) is 6.61 Å². The summed E-state index contributed by atoms with van der Waals surface area (Å²) < 4.78 is 10.3. The highest BCUT2D eigenvalue weighted by atomic mass is 16.5. The summed E-state index contributed by atoms with van der Waals surface area (Å²) in [5, 5.41) is 14.5. The van der Waals surface area contributed by atoms with Gasteiger partial charge >= 0.3 is 11.9 Å². The van der Waals surface area contributed by atoms with Crippen molar-refractivity contribution >= 4 is 41.3 Å². The number of anilines is 1. The van der Waals surface area contributed by atoms with E-state index in [2.05, 4.69) is 26.6 Å². The number of nitrogens with one attached hydrogen (secondary N) is 5. The average molecular weight is 720 g/mol. The zero-order valence-electron chi connectivity index (χ0n) is 30.5. The smallest absolute Gasteiger partial charge is 0.338 e. The first-order valence-corrected chi connectivity index (χ1v) is 18.2. The lowest BCUT2D eigenvalue weighted by Gasteiger charge is -2.34.